The monoisotopic (exact) mass is 296 g/mol. The first-order valence-corrected chi connectivity index (χ1v) is 8.42. The number of aliphatic imine (C=N–C) groups is 1. The van der Waals surface area contributed by atoms with Gasteiger partial charge in [0.15, 0.2) is 15.8 Å². The lowest BCUT2D eigenvalue weighted by Gasteiger charge is -2.25. The van der Waals surface area contributed by atoms with Crippen molar-refractivity contribution in [2.24, 2.45) is 10.7 Å². The van der Waals surface area contributed by atoms with Crippen LogP contribution in [-0.2, 0) is 9.84 Å². The largest absolute Gasteiger partial charge is 0.370 e. The van der Waals surface area contributed by atoms with Gasteiger partial charge in [0.25, 0.3) is 0 Å². The van der Waals surface area contributed by atoms with E-state index in [1.165, 1.54) is 0 Å². The third kappa shape index (κ3) is 4.82. The van der Waals surface area contributed by atoms with Crippen molar-refractivity contribution < 1.29 is 8.42 Å². The molecule has 0 atom stereocenters. The number of para-hydroxylation sites is 1. The summed E-state index contributed by atoms with van der Waals surface area (Å²) in [5, 5.41) is 3.01. The molecule has 0 aliphatic carbocycles. The van der Waals surface area contributed by atoms with Crippen LogP contribution in [0.1, 0.15) is 0 Å². The zero-order valence-electron chi connectivity index (χ0n) is 11.3. The highest BCUT2D eigenvalue weighted by Gasteiger charge is 2.20. The lowest BCUT2D eigenvalue weighted by Crippen LogP contribution is -2.41. The number of benzene rings is 1. The van der Waals surface area contributed by atoms with Gasteiger partial charge in [-0.3, -0.25) is 9.89 Å². The smallest absolute Gasteiger partial charge is 0.193 e. The van der Waals surface area contributed by atoms with Gasteiger partial charge in [-0.1, -0.05) is 18.2 Å². The maximum atomic E-state index is 11.3. The van der Waals surface area contributed by atoms with E-state index in [1.807, 2.05) is 30.3 Å². The quantitative estimate of drug-likeness (QED) is 0.610. The number of anilines is 1. The van der Waals surface area contributed by atoms with Gasteiger partial charge in [-0.05, 0) is 12.1 Å². The van der Waals surface area contributed by atoms with Gasteiger partial charge in [-0.25, -0.2) is 8.42 Å². The molecule has 1 aliphatic heterocycles. The summed E-state index contributed by atoms with van der Waals surface area (Å²) in [4.78, 5) is 6.34. The van der Waals surface area contributed by atoms with Crippen LogP contribution in [-0.4, -0.2) is 57.0 Å². The molecule has 6 nitrogen and oxygen atoms in total. The molecule has 20 heavy (non-hydrogen) atoms. The highest BCUT2D eigenvalue weighted by molar-refractivity contribution is 7.91. The zero-order valence-corrected chi connectivity index (χ0v) is 12.1. The molecule has 0 radical (unpaired) electrons. The fourth-order valence-corrected chi connectivity index (χ4v) is 3.27. The minimum absolute atomic E-state index is 0.245. The van der Waals surface area contributed by atoms with Gasteiger partial charge < -0.3 is 11.1 Å². The minimum atomic E-state index is -2.81. The fourth-order valence-electron chi connectivity index (χ4n) is 1.99. The molecule has 3 N–H and O–H groups in total. The second-order valence-corrected chi connectivity index (χ2v) is 7.06. The predicted molar refractivity (Wildman–Crippen MR) is 81.6 cm³/mol. The third-order valence-corrected chi connectivity index (χ3v) is 4.79. The Hall–Kier alpha value is -1.60. The Morgan fingerprint density at radius 3 is 2.55 bits per heavy atom. The van der Waals surface area contributed by atoms with E-state index < -0.39 is 9.84 Å². The van der Waals surface area contributed by atoms with Crippen LogP contribution < -0.4 is 11.1 Å². The SMILES string of the molecule is NC(=NCCN1CCS(=O)(=O)CC1)Nc1ccccc1. The van der Waals surface area contributed by atoms with E-state index in [9.17, 15) is 8.42 Å². The Labute approximate surface area is 119 Å². The minimum Gasteiger partial charge on any atom is -0.370 e. The fraction of sp³-hybridized carbons (Fsp3) is 0.462. The average Bonchev–Trinajstić information content (AvgIpc) is 2.42. The number of nitrogens with zero attached hydrogens (tertiary/aromatic N) is 2. The van der Waals surface area contributed by atoms with Crippen LogP contribution in [0.25, 0.3) is 0 Å². The molecule has 1 aliphatic rings. The van der Waals surface area contributed by atoms with Crippen LogP contribution in [0, 0.1) is 0 Å². The van der Waals surface area contributed by atoms with E-state index in [0.29, 0.717) is 25.6 Å². The van der Waals surface area contributed by atoms with E-state index in [1.54, 1.807) is 0 Å². The van der Waals surface area contributed by atoms with Crippen molar-refractivity contribution in [2.45, 2.75) is 0 Å². The normalized spacial score (nSPS) is 19.7. The van der Waals surface area contributed by atoms with Crippen LogP contribution in [0.15, 0.2) is 35.3 Å². The number of hydrogen-bond donors (Lipinski definition) is 2. The van der Waals surface area contributed by atoms with Crippen LogP contribution in [0.3, 0.4) is 0 Å². The van der Waals surface area contributed by atoms with Gasteiger partial charge in [-0.2, -0.15) is 0 Å². The lowest BCUT2D eigenvalue weighted by molar-refractivity contribution is 0.304. The van der Waals surface area contributed by atoms with Crippen molar-refractivity contribution in [3.8, 4) is 0 Å². The summed E-state index contributed by atoms with van der Waals surface area (Å²) < 4.78 is 22.6. The molecular weight excluding hydrogens is 276 g/mol. The molecular formula is C13H20N4O2S. The predicted octanol–water partition coefficient (Wildman–Crippen LogP) is 0.144. The van der Waals surface area contributed by atoms with Crippen LogP contribution >= 0.6 is 0 Å². The first kappa shape index (κ1) is 14.8. The van der Waals surface area contributed by atoms with Crippen molar-refractivity contribution in [1.82, 2.24) is 4.90 Å². The molecule has 0 aromatic heterocycles. The second kappa shape index (κ2) is 6.71. The molecule has 1 fully saturated rings. The van der Waals surface area contributed by atoms with Gasteiger partial charge in [0.2, 0.25) is 0 Å². The topological polar surface area (TPSA) is 87.8 Å². The first-order chi connectivity index (χ1) is 9.55. The van der Waals surface area contributed by atoms with E-state index >= 15 is 0 Å². The number of rotatable bonds is 4. The summed E-state index contributed by atoms with van der Waals surface area (Å²) >= 11 is 0. The van der Waals surface area contributed by atoms with Gasteiger partial charge in [0.1, 0.15) is 0 Å². The highest BCUT2D eigenvalue weighted by Crippen LogP contribution is 2.04. The maximum absolute atomic E-state index is 11.3. The van der Waals surface area contributed by atoms with E-state index in [0.717, 1.165) is 12.2 Å². The number of guanidine groups is 1. The molecule has 1 aromatic carbocycles. The highest BCUT2D eigenvalue weighted by atomic mass is 32.2. The van der Waals surface area contributed by atoms with Crippen LogP contribution in [0.2, 0.25) is 0 Å². The van der Waals surface area contributed by atoms with Gasteiger partial charge in [0, 0.05) is 25.3 Å². The molecule has 1 aromatic rings. The first-order valence-electron chi connectivity index (χ1n) is 6.60. The summed E-state index contributed by atoms with van der Waals surface area (Å²) in [7, 11) is -2.81. The van der Waals surface area contributed by atoms with Crippen molar-refractivity contribution >= 4 is 21.5 Å². The van der Waals surface area contributed by atoms with Crippen molar-refractivity contribution in [2.75, 3.05) is 43.0 Å². The maximum Gasteiger partial charge on any atom is 0.193 e. The van der Waals surface area contributed by atoms with Crippen LogP contribution in [0.4, 0.5) is 5.69 Å². The van der Waals surface area contributed by atoms with Crippen molar-refractivity contribution in [3.05, 3.63) is 30.3 Å². The molecule has 1 heterocycles. The molecule has 110 valence electrons. The Morgan fingerprint density at radius 1 is 1.25 bits per heavy atom. The average molecular weight is 296 g/mol. The molecule has 7 heteroatoms. The van der Waals surface area contributed by atoms with Gasteiger partial charge in [0.05, 0.1) is 18.1 Å². The van der Waals surface area contributed by atoms with E-state index in [4.69, 9.17) is 5.73 Å². The Balaban J connectivity index is 1.73. The van der Waals surface area contributed by atoms with Crippen LogP contribution in [0.5, 0.6) is 0 Å². The standard InChI is InChI=1S/C13H20N4O2S/c14-13(16-12-4-2-1-3-5-12)15-6-7-17-8-10-20(18,19)11-9-17/h1-5H,6-11H2,(H3,14,15,16). The number of sulfone groups is 1. The van der Waals surface area contributed by atoms with E-state index in [-0.39, 0.29) is 11.5 Å². The molecule has 0 bridgehead atoms. The third-order valence-electron chi connectivity index (χ3n) is 3.18. The molecule has 2 rings (SSSR count). The van der Waals surface area contributed by atoms with Gasteiger partial charge >= 0.3 is 0 Å². The lowest BCUT2D eigenvalue weighted by atomic mass is 10.3. The van der Waals surface area contributed by atoms with Gasteiger partial charge in [-0.15, -0.1) is 0 Å². The zero-order chi connectivity index (χ0) is 14.4. The summed E-state index contributed by atoms with van der Waals surface area (Å²) in [5.41, 5.74) is 6.69. The second-order valence-electron chi connectivity index (χ2n) is 4.75. The Kier molecular flexibility index (Phi) is 4.97. The van der Waals surface area contributed by atoms with Crippen molar-refractivity contribution in [3.63, 3.8) is 0 Å². The molecule has 1 saturated heterocycles. The number of hydrogen-bond acceptors (Lipinski definition) is 4. The number of nitrogens with two attached hydrogens (primary N) is 1. The summed E-state index contributed by atoms with van der Waals surface area (Å²) in [6.07, 6.45) is 0. The molecule has 0 unspecified atom stereocenters. The summed E-state index contributed by atoms with van der Waals surface area (Å²) in [5.74, 6) is 0.865. The molecule has 0 spiro atoms. The number of nitrogens with one attached hydrogen (secondary N) is 1. The Bertz CT molecular complexity index is 543. The van der Waals surface area contributed by atoms with E-state index in [2.05, 4.69) is 15.2 Å². The Morgan fingerprint density at radius 2 is 1.90 bits per heavy atom. The molecule has 0 amide bonds. The molecule has 0 saturated carbocycles. The summed E-state index contributed by atoms with van der Waals surface area (Å²) in [6, 6.07) is 9.60. The van der Waals surface area contributed by atoms with Crippen molar-refractivity contribution in [1.29, 1.82) is 0 Å². The summed E-state index contributed by atoms with van der Waals surface area (Å²) in [6.45, 7) is 2.46.